The first-order chi connectivity index (χ1) is 5.70. The molecule has 0 heterocycles. The Balaban J connectivity index is 3.64. The summed E-state index contributed by atoms with van der Waals surface area (Å²) in [6, 6.07) is 0. The normalized spacial score (nSPS) is 14.8. The molecule has 0 radical (unpaired) electrons. The lowest BCUT2D eigenvalue weighted by Crippen LogP contribution is -1.90. The maximum Gasteiger partial charge on any atom is -0.0259 e. The summed E-state index contributed by atoms with van der Waals surface area (Å²) in [6.45, 7) is 9.09. The lowest BCUT2D eigenvalue weighted by atomic mass is 10.0. The van der Waals surface area contributed by atoms with Crippen molar-refractivity contribution in [3.63, 3.8) is 0 Å². The van der Waals surface area contributed by atoms with E-state index in [1.165, 1.54) is 32.1 Å². The fraction of sp³-hybridized carbons (Fsp3) is 0.833. The van der Waals surface area contributed by atoms with Crippen molar-refractivity contribution < 1.29 is 0 Å². The topological polar surface area (TPSA) is 0 Å². The first-order valence-corrected chi connectivity index (χ1v) is 5.38. The van der Waals surface area contributed by atoms with Crippen molar-refractivity contribution in [2.45, 2.75) is 59.8 Å². The van der Waals surface area contributed by atoms with Gasteiger partial charge in [0, 0.05) is 0 Å². The Labute approximate surface area is 78.1 Å². The van der Waals surface area contributed by atoms with E-state index in [1.54, 1.807) is 5.57 Å². The van der Waals surface area contributed by atoms with Gasteiger partial charge < -0.3 is 0 Å². The number of rotatable bonds is 6. The molecule has 0 nitrogen and oxygen atoms in total. The van der Waals surface area contributed by atoms with E-state index >= 15 is 0 Å². The molecular formula is C12H24. The Morgan fingerprint density at radius 2 is 1.92 bits per heavy atom. The van der Waals surface area contributed by atoms with Crippen LogP contribution in [-0.2, 0) is 0 Å². The molecule has 12 heavy (non-hydrogen) atoms. The predicted molar refractivity (Wildman–Crippen MR) is 57.4 cm³/mol. The van der Waals surface area contributed by atoms with Crippen molar-refractivity contribution in [2.75, 3.05) is 0 Å². The molecule has 0 aromatic rings. The zero-order chi connectivity index (χ0) is 9.40. The summed E-state index contributed by atoms with van der Waals surface area (Å²) in [5, 5.41) is 0. The summed E-state index contributed by atoms with van der Waals surface area (Å²) in [5.41, 5.74) is 1.58. The van der Waals surface area contributed by atoms with E-state index in [-0.39, 0.29) is 0 Å². The number of unbranched alkanes of at least 4 members (excludes halogenated alkanes) is 1. The summed E-state index contributed by atoms with van der Waals surface area (Å²) in [5.74, 6) is 0.784. The van der Waals surface area contributed by atoms with Gasteiger partial charge in [-0.3, -0.25) is 0 Å². The van der Waals surface area contributed by atoms with Gasteiger partial charge in [0.05, 0.1) is 0 Å². The van der Waals surface area contributed by atoms with E-state index in [9.17, 15) is 0 Å². The molecule has 0 bridgehead atoms. The molecule has 0 aliphatic carbocycles. The van der Waals surface area contributed by atoms with Crippen molar-refractivity contribution in [1.82, 2.24) is 0 Å². The van der Waals surface area contributed by atoms with Crippen molar-refractivity contribution in [1.29, 1.82) is 0 Å². The van der Waals surface area contributed by atoms with Crippen LogP contribution in [0.2, 0.25) is 0 Å². The second-order valence-corrected chi connectivity index (χ2v) is 3.88. The van der Waals surface area contributed by atoms with Crippen molar-refractivity contribution in [3.8, 4) is 0 Å². The molecule has 0 aromatic heterocycles. The van der Waals surface area contributed by atoms with Gasteiger partial charge in [0.15, 0.2) is 0 Å². The van der Waals surface area contributed by atoms with Gasteiger partial charge in [-0.05, 0) is 32.1 Å². The van der Waals surface area contributed by atoms with E-state index in [0.717, 1.165) is 5.92 Å². The minimum absolute atomic E-state index is 0.784. The highest BCUT2D eigenvalue weighted by Gasteiger charge is 1.96. The molecule has 0 amide bonds. The first-order valence-electron chi connectivity index (χ1n) is 5.38. The van der Waals surface area contributed by atoms with Gasteiger partial charge in [0.1, 0.15) is 0 Å². The monoisotopic (exact) mass is 168 g/mol. The third-order valence-electron chi connectivity index (χ3n) is 2.24. The summed E-state index contributed by atoms with van der Waals surface area (Å²) >= 11 is 0. The summed E-state index contributed by atoms with van der Waals surface area (Å²) < 4.78 is 0. The first kappa shape index (κ1) is 11.7. The van der Waals surface area contributed by atoms with Crippen LogP contribution in [0.4, 0.5) is 0 Å². The molecule has 0 heteroatoms. The van der Waals surface area contributed by atoms with E-state index < -0.39 is 0 Å². The quantitative estimate of drug-likeness (QED) is 0.510. The zero-order valence-corrected chi connectivity index (χ0v) is 9.19. The van der Waals surface area contributed by atoms with E-state index in [0.29, 0.717) is 0 Å². The van der Waals surface area contributed by atoms with E-state index in [1.807, 2.05) is 0 Å². The summed E-state index contributed by atoms with van der Waals surface area (Å²) in [7, 11) is 0. The standard InChI is InChI=1S/C12H24/c1-5-7-9-12(4)10-11(3)8-6-2/h10-11H,5-9H2,1-4H3. The van der Waals surface area contributed by atoms with Crippen LogP contribution in [0.3, 0.4) is 0 Å². The maximum absolute atomic E-state index is 2.44. The third kappa shape index (κ3) is 6.45. The molecule has 1 atom stereocenters. The van der Waals surface area contributed by atoms with Gasteiger partial charge in [0.25, 0.3) is 0 Å². The Kier molecular flexibility index (Phi) is 7.23. The molecule has 0 spiro atoms. The molecule has 0 saturated heterocycles. The highest BCUT2D eigenvalue weighted by Crippen LogP contribution is 2.13. The van der Waals surface area contributed by atoms with Gasteiger partial charge in [-0.2, -0.15) is 0 Å². The Morgan fingerprint density at radius 1 is 1.25 bits per heavy atom. The van der Waals surface area contributed by atoms with Gasteiger partial charge in [-0.25, -0.2) is 0 Å². The van der Waals surface area contributed by atoms with Gasteiger partial charge in [-0.15, -0.1) is 0 Å². The summed E-state index contributed by atoms with van der Waals surface area (Å²) in [6.07, 6.45) is 9.04. The van der Waals surface area contributed by atoms with Crippen LogP contribution in [0.5, 0.6) is 0 Å². The van der Waals surface area contributed by atoms with E-state index in [2.05, 4.69) is 33.8 Å². The van der Waals surface area contributed by atoms with Gasteiger partial charge >= 0.3 is 0 Å². The molecule has 0 aliphatic rings. The highest BCUT2D eigenvalue weighted by atomic mass is 14.0. The van der Waals surface area contributed by atoms with Crippen LogP contribution in [0, 0.1) is 5.92 Å². The zero-order valence-electron chi connectivity index (χ0n) is 9.19. The maximum atomic E-state index is 2.44. The molecule has 0 N–H and O–H groups in total. The minimum atomic E-state index is 0.784. The highest BCUT2D eigenvalue weighted by molar-refractivity contribution is 4.99. The number of hydrogen-bond donors (Lipinski definition) is 0. The molecular weight excluding hydrogens is 144 g/mol. The van der Waals surface area contributed by atoms with Gasteiger partial charge in [-0.1, -0.05) is 45.3 Å². The average molecular weight is 168 g/mol. The van der Waals surface area contributed by atoms with Gasteiger partial charge in [0.2, 0.25) is 0 Å². The van der Waals surface area contributed by atoms with Crippen LogP contribution < -0.4 is 0 Å². The molecule has 0 aliphatic heterocycles. The van der Waals surface area contributed by atoms with Crippen LogP contribution in [0.25, 0.3) is 0 Å². The van der Waals surface area contributed by atoms with Crippen molar-refractivity contribution in [3.05, 3.63) is 11.6 Å². The van der Waals surface area contributed by atoms with Crippen LogP contribution >= 0.6 is 0 Å². The fourth-order valence-corrected chi connectivity index (χ4v) is 1.56. The Hall–Kier alpha value is -0.260. The Bertz CT molecular complexity index is 122. The van der Waals surface area contributed by atoms with Crippen LogP contribution in [-0.4, -0.2) is 0 Å². The Morgan fingerprint density at radius 3 is 2.42 bits per heavy atom. The SMILES string of the molecule is CCCCC(C)=CC(C)CCC. The lowest BCUT2D eigenvalue weighted by molar-refractivity contribution is 0.625. The molecule has 0 aromatic carbocycles. The minimum Gasteiger partial charge on any atom is -0.0828 e. The largest absolute Gasteiger partial charge is 0.0828 e. The van der Waals surface area contributed by atoms with Crippen molar-refractivity contribution in [2.24, 2.45) is 5.92 Å². The predicted octanol–water partition coefficient (Wildman–Crippen LogP) is 4.56. The molecule has 0 saturated carbocycles. The number of hydrogen-bond acceptors (Lipinski definition) is 0. The number of allylic oxidation sites excluding steroid dienone is 2. The fourth-order valence-electron chi connectivity index (χ4n) is 1.56. The van der Waals surface area contributed by atoms with Crippen LogP contribution in [0.15, 0.2) is 11.6 Å². The molecule has 0 rings (SSSR count). The smallest absolute Gasteiger partial charge is 0.0259 e. The average Bonchev–Trinajstić information content (AvgIpc) is 2.01. The van der Waals surface area contributed by atoms with E-state index in [4.69, 9.17) is 0 Å². The van der Waals surface area contributed by atoms with Crippen molar-refractivity contribution >= 4 is 0 Å². The molecule has 72 valence electrons. The lowest BCUT2D eigenvalue weighted by Gasteiger charge is -2.06. The van der Waals surface area contributed by atoms with Crippen LogP contribution in [0.1, 0.15) is 59.8 Å². The second kappa shape index (κ2) is 7.39. The summed E-state index contributed by atoms with van der Waals surface area (Å²) in [4.78, 5) is 0. The third-order valence-corrected chi connectivity index (χ3v) is 2.24. The second-order valence-electron chi connectivity index (χ2n) is 3.88. The molecule has 0 fully saturated rings. The molecule has 1 unspecified atom stereocenters.